The van der Waals surface area contributed by atoms with Gasteiger partial charge in [-0.05, 0) is 35.9 Å². The number of benzene rings is 3. The van der Waals surface area contributed by atoms with E-state index in [-0.39, 0.29) is 22.2 Å². The van der Waals surface area contributed by atoms with Gasteiger partial charge in [0, 0.05) is 19.9 Å². The van der Waals surface area contributed by atoms with E-state index < -0.39 is 4.92 Å². The van der Waals surface area contributed by atoms with Crippen LogP contribution in [0.15, 0.2) is 86.8 Å². The molecule has 0 saturated heterocycles. The van der Waals surface area contributed by atoms with Crippen molar-refractivity contribution in [3.05, 3.63) is 97.4 Å². The third kappa shape index (κ3) is 4.71. The zero-order valence-electron chi connectivity index (χ0n) is 15.9. The normalized spacial score (nSPS) is 10.9. The predicted octanol–water partition coefficient (Wildman–Crippen LogP) is 7.31. The average Bonchev–Trinajstić information content (AvgIpc) is 2.77. The molecule has 0 fully saturated rings. The lowest BCUT2D eigenvalue weighted by atomic mass is 10.00. The van der Waals surface area contributed by atoms with E-state index in [1.165, 1.54) is 0 Å². The van der Waals surface area contributed by atoms with Crippen LogP contribution in [0.2, 0.25) is 0 Å². The zero-order chi connectivity index (χ0) is 22.0. The Bertz CT molecular complexity index is 1300. The second-order valence-electron chi connectivity index (χ2n) is 6.64. The third-order valence-electron chi connectivity index (χ3n) is 4.64. The van der Waals surface area contributed by atoms with Crippen molar-refractivity contribution < 1.29 is 9.72 Å². The molecule has 0 aliphatic rings. The van der Waals surface area contributed by atoms with Gasteiger partial charge in [-0.1, -0.05) is 86.1 Å². The van der Waals surface area contributed by atoms with E-state index in [0.29, 0.717) is 22.0 Å². The topological polar surface area (TPSA) is 73.1 Å². The molecule has 0 aliphatic heterocycles. The molecule has 0 spiro atoms. The summed E-state index contributed by atoms with van der Waals surface area (Å²) in [5.74, 6) is -0.0723. The summed E-state index contributed by atoms with van der Waals surface area (Å²) >= 11 is 7.88. The Hall–Kier alpha value is -2.55. The number of rotatable bonds is 6. The van der Waals surface area contributed by atoms with E-state index in [9.17, 15) is 14.9 Å². The van der Waals surface area contributed by atoms with Gasteiger partial charge in [-0.3, -0.25) is 14.9 Å². The summed E-state index contributed by atoms with van der Waals surface area (Å²) in [5, 5.41) is 13.0. The Morgan fingerprint density at radius 1 is 0.968 bits per heavy atom. The van der Waals surface area contributed by atoms with Gasteiger partial charge in [-0.2, -0.15) is 0 Å². The maximum atomic E-state index is 12.6. The minimum absolute atomic E-state index is 0.0474. The number of aromatic nitrogens is 1. The highest BCUT2D eigenvalue weighted by Crippen LogP contribution is 2.42. The van der Waals surface area contributed by atoms with Gasteiger partial charge in [0.15, 0.2) is 10.8 Å². The number of ketones is 1. The van der Waals surface area contributed by atoms with Crippen LogP contribution in [-0.4, -0.2) is 21.4 Å². The molecule has 31 heavy (non-hydrogen) atoms. The molecule has 4 aromatic rings. The number of thioether (sulfide) groups is 1. The van der Waals surface area contributed by atoms with E-state index in [4.69, 9.17) is 0 Å². The van der Waals surface area contributed by atoms with Crippen LogP contribution >= 0.6 is 43.6 Å². The zero-order valence-corrected chi connectivity index (χ0v) is 19.9. The first-order valence-corrected chi connectivity index (χ1v) is 11.8. The second-order valence-corrected chi connectivity index (χ2v) is 9.44. The van der Waals surface area contributed by atoms with Crippen LogP contribution in [0.4, 0.5) is 5.69 Å². The molecule has 0 radical (unpaired) electrons. The third-order valence-corrected chi connectivity index (χ3v) is 6.63. The fourth-order valence-corrected chi connectivity index (χ4v) is 4.76. The Morgan fingerprint density at radius 2 is 1.65 bits per heavy atom. The summed E-state index contributed by atoms with van der Waals surface area (Å²) in [5.41, 5.74) is 2.30. The van der Waals surface area contributed by atoms with Gasteiger partial charge in [-0.25, -0.2) is 4.98 Å². The lowest BCUT2D eigenvalue weighted by molar-refractivity contribution is -0.387. The largest absolute Gasteiger partial charge is 0.309 e. The van der Waals surface area contributed by atoms with Crippen molar-refractivity contribution >= 4 is 66.0 Å². The number of Topliss-reactive ketones (excluding diaryl/α,β-unsaturated/α-hetero) is 1. The quantitative estimate of drug-likeness (QED) is 0.107. The van der Waals surface area contributed by atoms with Crippen LogP contribution < -0.4 is 0 Å². The van der Waals surface area contributed by atoms with Crippen molar-refractivity contribution in [3.8, 4) is 11.1 Å². The summed E-state index contributed by atoms with van der Waals surface area (Å²) in [6.07, 6.45) is 0. The van der Waals surface area contributed by atoms with Crippen molar-refractivity contribution in [2.24, 2.45) is 0 Å². The van der Waals surface area contributed by atoms with Gasteiger partial charge in [0.1, 0.15) is 0 Å². The van der Waals surface area contributed by atoms with Gasteiger partial charge in [0.25, 0.3) is 0 Å². The van der Waals surface area contributed by atoms with Crippen molar-refractivity contribution in [2.45, 2.75) is 5.03 Å². The van der Waals surface area contributed by atoms with E-state index in [1.807, 2.05) is 48.5 Å². The van der Waals surface area contributed by atoms with Crippen molar-refractivity contribution in [2.75, 3.05) is 5.75 Å². The maximum Gasteiger partial charge on any atom is 0.309 e. The number of nitrogens with zero attached hydrogens (tertiary/aromatic N) is 2. The molecule has 5 nitrogen and oxygen atoms in total. The summed E-state index contributed by atoms with van der Waals surface area (Å²) in [7, 11) is 0. The molecule has 0 aliphatic carbocycles. The molecule has 0 bridgehead atoms. The first-order valence-electron chi connectivity index (χ1n) is 9.18. The fraction of sp³-hybridized carbons (Fsp3) is 0.0435. The van der Waals surface area contributed by atoms with E-state index in [2.05, 4.69) is 36.8 Å². The van der Waals surface area contributed by atoms with E-state index >= 15 is 0 Å². The number of carbonyl (C=O) groups excluding carboxylic acids is 1. The summed E-state index contributed by atoms with van der Waals surface area (Å²) in [6.45, 7) is 0. The van der Waals surface area contributed by atoms with Gasteiger partial charge < -0.3 is 0 Å². The van der Waals surface area contributed by atoms with Gasteiger partial charge in [0.05, 0.1) is 21.8 Å². The summed E-state index contributed by atoms with van der Waals surface area (Å²) < 4.78 is 1.68. The van der Waals surface area contributed by atoms with Crippen molar-refractivity contribution in [1.82, 2.24) is 4.98 Å². The monoisotopic (exact) mass is 556 g/mol. The molecule has 1 aromatic heterocycles. The first kappa shape index (κ1) is 21.7. The molecule has 0 N–H and O–H groups in total. The molecular formula is C23H14Br2N2O3S. The smallest absolute Gasteiger partial charge is 0.293 e. The van der Waals surface area contributed by atoms with Gasteiger partial charge in [0.2, 0.25) is 0 Å². The highest BCUT2D eigenvalue weighted by Gasteiger charge is 2.27. The number of carbonyl (C=O) groups is 1. The average molecular weight is 558 g/mol. The number of nitro groups is 1. The summed E-state index contributed by atoms with van der Waals surface area (Å²) in [4.78, 5) is 28.9. The van der Waals surface area contributed by atoms with Crippen molar-refractivity contribution in [1.29, 1.82) is 0 Å². The minimum atomic E-state index is -0.415. The Balaban J connectivity index is 1.82. The number of hydrogen-bond acceptors (Lipinski definition) is 5. The van der Waals surface area contributed by atoms with Crippen molar-refractivity contribution in [3.63, 3.8) is 0 Å². The molecule has 0 atom stereocenters. The standard InChI is InChI=1S/C23H14Br2N2O3S/c24-16-8-6-14(7-9-16)20(28)13-31-23-22(27(29)30)21(15-4-2-1-3-5-15)18-12-17(25)10-11-19(18)26-23/h1-12H,13H2. The van der Waals surface area contributed by atoms with Crippen LogP contribution in [0, 0.1) is 10.1 Å². The Morgan fingerprint density at radius 3 is 2.32 bits per heavy atom. The first-order chi connectivity index (χ1) is 14.9. The summed E-state index contributed by atoms with van der Waals surface area (Å²) in [6, 6.07) is 21.7. The molecule has 0 amide bonds. The fourth-order valence-electron chi connectivity index (χ4n) is 3.22. The Kier molecular flexibility index (Phi) is 6.50. The van der Waals surface area contributed by atoms with Crippen LogP contribution in [0.5, 0.6) is 0 Å². The van der Waals surface area contributed by atoms with Crippen LogP contribution in [0.25, 0.3) is 22.0 Å². The van der Waals surface area contributed by atoms with E-state index in [0.717, 1.165) is 26.3 Å². The molecule has 154 valence electrons. The number of halogens is 2. The highest BCUT2D eigenvalue weighted by molar-refractivity contribution is 9.10. The molecule has 0 saturated carbocycles. The SMILES string of the molecule is O=C(CSc1nc2ccc(Br)cc2c(-c2ccccc2)c1[N+](=O)[O-])c1ccc(Br)cc1. The number of hydrogen-bond donors (Lipinski definition) is 0. The molecule has 1 heterocycles. The van der Waals surface area contributed by atoms with Gasteiger partial charge in [-0.15, -0.1) is 0 Å². The van der Waals surface area contributed by atoms with Crippen LogP contribution in [-0.2, 0) is 0 Å². The molecule has 8 heteroatoms. The van der Waals surface area contributed by atoms with Crippen LogP contribution in [0.1, 0.15) is 10.4 Å². The minimum Gasteiger partial charge on any atom is -0.293 e. The lowest BCUT2D eigenvalue weighted by Crippen LogP contribution is -2.04. The number of fused-ring (bicyclic) bond motifs is 1. The predicted molar refractivity (Wildman–Crippen MR) is 131 cm³/mol. The second kappa shape index (κ2) is 9.30. The molecule has 0 unspecified atom stereocenters. The van der Waals surface area contributed by atoms with E-state index in [1.54, 1.807) is 24.3 Å². The highest BCUT2D eigenvalue weighted by atomic mass is 79.9. The molecule has 3 aromatic carbocycles. The molecule has 4 rings (SSSR count). The number of pyridine rings is 1. The lowest BCUT2D eigenvalue weighted by Gasteiger charge is -2.12. The van der Waals surface area contributed by atoms with Gasteiger partial charge >= 0.3 is 5.69 Å². The Labute approximate surface area is 199 Å². The molecular weight excluding hydrogens is 544 g/mol. The van der Waals surface area contributed by atoms with Crippen LogP contribution in [0.3, 0.4) is 0 Å². The maximum absolute atomic E-state index is 12.6.